The lowest BCUT2D eigenvalue weighted by Gasteiger charge is -2.14. The Morgan fingerprint density at radius 1 is 0.875 bits per heavy atom. The smallest absolute Gasteiger partial charge is 0.257 e. The molecular weight excluding hydrogens is 653 g/mol. The van der Waals surface area contributed by atoms with Crippen LogP contribution in [0.1, 0.15) is 34.3 Å². The zero-order valence-electron chi connectivity index (χ0n) is 20.4. The number of carbonyl (C=O) groups is 3. The summed E-state index contributed by atoms with van der Waals surface area (Å²) >= 11 is 37.4. The van der Waals surface area contributed by atoms with Gasteiger partial charge in [-0.1, -0.05) is 46.4 Å². The zero-order chi connectivity index (χ0) is 29.7. The molecule has 1 aliphatic carbocycles. The second-order valence-electron chi connectivity index (χ2n) is 8.99. The van der Waals surface area contributed by atoms with Crippen molar-refractivity contribution >= 4 is 104 Å². The summed E-state index contributed by atoms with van der Waals surface area (Å²) in [5, 5.41) is 7.44. The second kappa shape index (κ2) is 11.5. The molecule has 3 aromatic rings. The second-order valence-corrected chi connectivity index (χ2v) is 12.0. The number of hydrogen-bond acceptors (Lipinski definition) is 3. The van der Waals surface area contributed by atoms with E-state index in [1.807, 2.05) is 0 Å². The Labute approximate surface area is 257 Å². The highest BCUT2D eigenvalue weighted by molar-refractivity contribution is 6.54. The number of carbonyl (C=O) groups excluding carboxylic acids is 3. The van der Waals surface area contributed by atoms with Crippen LogP contribution in [-0.2, 0) is 9.59 Å². The molecule has 0 heterocycles. The van der Waals surface area contributed by atoms with E-state index in [1.165, 1.54) is 24.3 Å². The molecule has 210 valence electrons. The highest BCUT2D eigenvalue weighted by Gasteiger charge is 2.67. The Morgan fingerprint density at radius 3 is 2.10 bits per heavy atom. The Bertz CT molecular complexity index is 1560. The van der Waals surface area contributed by atoms with E-state index < -0.39 is 51.2 Å². The molecule has 0 bridgehead atoms. The summed E-state index contributed by atoms with van der Waals surface area (Å²) in [7, 11) is 0. The lowest BCUT2D eigenvalue weighted by Crippen LogP contribution is -2.19. The van der Waals surface area contributed by atoms with Crippen molar-refractivity contribution in [1.82, 2.24) is 0 Å². The molecule has 4 rings (SSSR count). The van der Waals surface area contributed by atoms with Gasteiger partial charge in [0.15, 0.2) is 5.82 Å². The molecule has 6 nitrogen and oxygen atoms in total. The minimum atomic E-state index is -1.49. The van der Waals surface area contributed by atoms with Gasteiger partial charge in [-0.15, -0.1) is 23.2 Å². The summed E-state index contributed by atoms with van der Waals surface area (Å²) in [6.45, 7) is 2.71. The van der Waals surface area contributed by atoms with Gasteiger partial charge >= 0.3 is 0 Å². The van der Waals surface area contributed by atoms with Crippen LogP contribution in [0.4, 0.5) is 25.8 Å². The third-order valence-corrected chi connectivity index (χ3v) is 8.75. The molecule has 0 spiro atoms. The van der Waals surface area contributed by atoms with Gasteiger partial charge in [-0.3, -0.25) is 14.4 Å². The highest BCUT2D eigenvalue weighted by Crippen LogP contribution is 2.65. The molecule has 1 unspecified atom stereocenters. The zero-order valence-corrected chi connectivity index (χ0v) is 24.9. The minimum absolute atomic E-state index is 0.0203. The van der Waals surface area contributed by atoms with Crippen molar-refractivity contribution in [3.05, 3.63) is 84.8 Å². The van der Waals surface area contributed by atoms with Crippen molar-refractivity contribution in [2.75, 3.05) is 16.0 Å². The van der Waals surface area contributed by atoms with Crippen LogP contribution in [0.3, 0.4) is 0 Å². The Kier molecular flexibility index (Phi) is 8.81. The normalized spacial score (nSPS) is 17.2. The standard InChI is InChI=1S/C26H17Cl6F2N3O3/c1-9-5-12(36-25(40)19-18(26(19,31)32)11-6-14(27)21(30)15(28)7-11)8-13(20(9)29)24(39)37-23-16(33)3-4-17(22(23)34)35-10(2)38/h3-8,18-19H,1-2H3,(H,35,38)(H,36,40)(H,37,39)/t18-,19?/m0/s1. The molecule has 14 heteroatoms. The molecule has 1 saturated carbocycles. The maximum Gasteiger partial charge on any atom is 0.257 e. The summed E-state index contributed by atoms with van der Waals surface area (Å²) in [5.41, 5.74) is -0.291. The first-order valence-electron chi connectivity index (χ1n) is 11.3. The van der Waals surface area contributed by atoms with Crippen molar-refractivity contribution in [2.45, 2.75) is 24.1 Å². The van der Waals surface area contributed by atoms with Gasteiger partial charge in [0.1, 0.15) is 15.8 Å². The number of amides is 3. The lowest BCUT2D eigenvalue weighted by molar-refractivity contribution is -0.117. The van der Waals surface area contributed by atoms with Gasteiger partial charge in [0, 0.05) is 18.5 Å². The third kappa shape index (κ3) is 5.98. The van der Waals surface area contributed by atoms with Crippen LogP contribution in [0.5, 0.6) is 0 Å². The van der Waals surface area contributed by atoms with E-state index in [-0.39, 0.29) is 37.0 Å². The van der Waals surface area contributed by atoms with Crippen molar-refractivity contribution in [1.29, 1.82) is 0 Å². The fraction of sp³-hybridized carbons (Fsp3) is 0.192. The van der Waals surface area contributed by atoms with E-state index in [0.717, 1.165) is 19.1 Å². The number of benzene rings is 3. The summed E-state index contributed by atoms with van der Waals surface area (Å²) in [5.74, 6) is -6.00. The Hall–Kier alpha value is -2.33. The van der Waals surface area contributed by atoms with E-state index in [1.54, 1.807) is 6.92 Å². The first kappa shape index (κ1) is 30.6. The monoisotopic (exact) mass is 667 g/mol. The Balaban J connectivity index is 1.58. The maximum atomic E-state index is 14.8. The van der Waals surface area contributed by atoms with Gasteiger partial charge < -0.3 is 16.0 Å². The minimum Gasteiger partial charge on any atom is -0.326 e. The van der Waals surface area contributed by atoms with Crippen molar-refractivity contribution in [2.24, 2.45) is 5.92 Å². The quantitative estimate of drug-likeness (QED) is 0.181. The summed E-state index contributed by atoms with van der Waals surface area (Å²) in [6.07, 6.45) is 0. The number of halogens is 8. The molecule has 3 N–H and O–H groups in total. The third-order valence-electron chi connectivity index (χ3n) is 6.11. The van der Waals surface area contributed by atoms with Crippen LogP contribution < -0.4 is 16.0 Å². The van der Waals surface area contributed by atoms with Gasteiger partial charge in [0.2, 0.25) is 11.8 Å². The average Bonchev–Trinajstić information content (AvgIpc) is 3.45. The largest absolute Gasteiger partial charge is 0.326 e. The molecule has 0 saturated heterocycles. The number of anilines is 3. The average molecular weight is 670 g/mol. The molecule has 2 atom stereocenters. The van der Waals surface area contributed by atoms with Crippen LogP contribution >= 0.6 is 69.6 Å². The maximum absolute atomic E-state index is 14.8. The van der Waals surface area contributed by atoms with Crippen molar-refractivity contribution in [3.63, 3.8) is 0 Å². The van der Waals surface area contributed by atoms with Crippen LogP contribution in [0.2, 0.25) is 20.1 Å². The molecule has 0 aliphatic heterocycles. The summed E-state index contributed by atoms with van der Waals surface area (Å²) < 4.78 is 27.7. The predicted molar refractivity (Wildman–Crippen MR) is 156 cm³/mol. The summed E-state index contributed by atoms with van der Waals surface area (Å²) in [6, 6.07) is 7.65. The highest BCUT2D eigenvalue weighted by atomic mass is 35.5. The van der Waals surface area contributed by atoms with Crippen molar-refractivity contribution in [3.8, 4) is 0 Å². The fourth-order valence-corrected chi connectivity index (χ4v) is 5.82. The van der Waals surface area contributed by atoms with Gasteiger partial charge in [-0.2, -0.15) is 0 Å². The first-order valence-corrected chi connectivity index (χ1v) is 13.6. The van der Waals surface area contributed by atoms with Crippen LogP contribution in [0.15, 0.2) is 36.4 Å². The van der Waals surface area contributed by atoms with Gasteiger partial charge in [-0.05, 0) is 54.4 Å². The molecule has 3 aromatic carbocycles. The molecule has 1 aliphatic rings. The first-order chi connectivity index (χ1) is 18.6. The van der Waals surface area contributed by atoms with E-state index in [4.69, 9.17) is 69.6 Å². The molecule has 40 heavy (non-hydrogen) atoms. The molecule has 1 fully saturated rings. The number of hydrogen-bond donors (Lipinski definition) is 3. The topological polar surface area (TPSA) is 87.3 Å². The molecule has 0 radical (unpaired) electrons. The van der Waals surface area contributed by atoms with Gasteiger partial charge in [0.05, 0.1) is 37.3 Å². The SMILES string of the molecule is CC(=O)Nc1ccc(F)c(NC(=O)c2cc(NC(=O)C3[C@H](c4cc(Cl)c(Cl)c(Cl)c4)C3(Cl)Cl)cc(C)c2Cl)c1F. The van der Waals surface area contributed by atoms with E-state index in [2.05, 4.69) is 16.0 Å². The van der Waals surface area contributed by atoms with E-state index in [9.17, 15) is 23.2 Å². The number of rotatable bonds is 6. The number of nitrogens with one attached hydrogen (secondary N) is 3. The molecule has 3 amide bonds. The van der Waals surface area contributed by atoms with Crippen LogP contribution in [0.25, 0.3) is 0 Å². The number of aryl methyl sites for hydroxylation is 1. The van der Waals surface area contributed by atoms with Gasteiger partial charge in [0.25, 0.3) is 5.91 Å². The predicted octanol–water partition coefficient (Wildman–Crippen LogP) is 8.62. The Morgan fingerprint density at radius 2 is 1.50 bits per heavy atom. The molecular formula is C26H17Cl6F2N3O3. The molecule has 0 aromatic heterocycles. The lowest BCUT2D eigenvalue weighted by atomic mass is 10.1. The van der Waals surface area contributed by atoms with E-state index in [0.29, 0.717) is 11.1 Å². The van der Waals surface area contributed by atoms with E-state index >= 15 is 0 Å². The van der Waals surface area contributed by atoms with Crippen molar-refractivity contribution < 1.29 is 23.2 Å². The fourth-order valence-electron chi connectivity index (χ4n) is 4.18. The summed E-state index contributed by atoms with van der Waals surface area (Å²) in [4.78, 5) is 37.5. The van der Waals surface area contributed by atoms with Gasteiger partial charge in [-0.25, -0.2) is 8.78 Å². The van der Waals surface area contributed by atoms with Crippen LogP contribution in [-0.4, -0.2) is 22.1 Å². The number of alkyl halides is 2. The van der Waals surface area contributed by atoms with Crippen LogP contribution in [0, 0.1) is 24.5 Å².